The summed E-state index contributed by atoms with van der Waals surface area (Å²) < 4.78 is 11.5. The third-order valence-electron chi connectivity index (χ3n) is 4.38. The predicted molar refractivity (Wildman–Crippen MR) is 97.5 cm³/mol. The highest BCUT2D eigenvalue weighted by Gasteiger charge is 2.31. The largest absolute Gasteiger partial charge is 0.508 e. The van der Waals surface area contributed by atoms with Gasteiger partial charge in [-0.25, -0.2) is 0 Å². The van der Waals surface area contributed by atoms with E-state index >= 15 is 0 Å². The molecule has 2 aromatic carbocycles. The van der Waals surface area contributed by atoms with Crippen molar-refractivity contribution >= 4 is 11.9 Å². The highest BCUT2D eigenvalue weighted by Crippen LogP contribution is 2.41. The molecule has 0 amide bonds. The van der Waals surface area contributed by atoms with E-state index in [9.17, 15) is 9.90 Å². The fourth-order valence-corrected chi connectivity index (χ4v) is 2.95. The second-order valence-corrected chi connectivity index (χ2v) is 6.77. The van der Waals surface area contributed by atoms with E-state index in [1.165, 1.54) is 6.08 Å². The maximum Gasteiger partial charge on any atom is 0.189 e. The molecule has 1 aliphatic rings. The molecular weight excluding hydrogens is 316 g/mol. The lowest BCUT2D eigenvalue weighted by atomic mass is 9.91. The summed E-state index contributed by atoms with van der Waals surface area (Å²) in [5.41, 5.74) is 2.02. The van der Waals surface area contributed by atoms with Gasteiger partial charge in [0.1, 0.15) is 22.8 Å². The SMILES string of the molecule is COc1ccc(C(=O)/C=C/c2ccc(O)cc2)c2c1CCC(C)(C)O2. The number of aromatic hydroxyl groups is 1. The fourth-order valence-electron chi connectivity index (χ4n) is 2.95. The van der Waals surface area contributed by atoms with Gasteiger partial charge in [0, 0.05) is 5.56 Å². The van der Waals surface area contributed by atoms with Crippen LogP contribution in [0.15, 0.2) is 42.5 Å². The smallest absolute Gasteiger partial charge is 0.189 e. The quantitative estimate of drug-likeness (QED) is 0.663. The summed E-state index contributed by atoms with van der Waals surface area (Å²) in [5.74, 6) is 1.45. The van der Waals surface area contributed by atoms with Crippen LogP contribution in [0.5, 0.6) is 17.2 Å². The molecule has 0 aromatic heterocycles. The predicted octanol–water partition coefficient (Wildman–Crippen LogP) is 4.40. The first kappa shape index (κ1) is 17.1. The number of phenols is 1. The van der Waals surface area contributed by atoms with Gasteiger partial charge in [-0.3, -0.25) is 4.79 Å². The molecule has 0 unspecified atom stereocenters. The summed E-state index contributed by atoms with van der Waals surface area (Å²) in [4.78, 5) is 12.7. The van der Waals surface area contributed by atoms with E-state index in [1.54, 1.807) is 43.5 Å². The van der Waals surface area contributed by atoms with E-state index < -0.39 is 0 Å². The maximum absolute atomic E-state index is 12.7. The Bertz CT molecular complexity index is 817. The first-order valence-electron chi connectivity index (χ1n) is 8.30. The fraction of sp³-hybridized carbons (Fsp3) is 0.286. The molecule has 3 rings (SSSR count). The van der Waals surface area contributed by atoms with Crippen LogP contribution in [0, 0.1) is 0 Å². The van der Waals surface area contributed by atoms with Crippen molar-refractivity contribution in [1.82, 2.24) is 0 Å². The molecule has 0 radical (unpaired) electrons. The zero-order chi connectivity index (χ0) is 18.0. The Hall–Kier alpha value is -2.75. The van der Waals surface area contributed by atoms with Gasteiger partial charge in [0.25, 0.3) is 0 Å². The van der Waals surface area contributed by atoms with E-state index in [2.05, 4.69) is 0 Å². The van der Waals surface area contributed by atoms with Crippen LogP contribution < -0.4 is 9.47 Å². The topological polar surface area (TPSA) is 55.8 Å². The van der Waals surface area contributed by atoms with Crippen LogP contribution in [-0.2, 0) is 6.42 Å². The number of benzene rings is 2. The highest BCUT2D eigenvalue weighted by atomic mass is 16.5. The molecule has 130 valence electrons. The molecule has 0 bridgehead atoms. The molecule has 1 heterocycles. The number of carbonyl (C=O) groups excluding carboxylic acids is 1. The number of carbonyl (C=O) groups is 1. The van der Waals surface area contributed by atoms with Crippen LogP contribution >= 0.6 is 0 Å². The van der Waals surface area contributed by atoms with Crippen molar-refractivity contribution in [3.8, 4) is 17.2 Å². The maximum atomic E-state index is 12.7. The lowest BCUT2D eigenvalue weighted by Gasteiger charge is -2.34. The van der Waals surface area contributed by atoms with Gasteiger partial charge in [-0.1, -0.05) is 18.2 Å². The zero-order valence-corrected chi connectivity index (χ0v) is 14.7. The van der Waals surface area contributed by atoms with Gasteiger partial charge < -0.3 is 14.6 Å². The van der Waals surface area contributed by atoms with Crippen molar-refractivity contribution in [2.45, 2.75) is 32.3 Å². The number of hydrogen-bond acceptors (Lipinski definition) is 4. The van der Waals surface area contributed by atoms with E-state index in [0.29, 0.717) is 11.3 Å². The molecule has 1 N–H and O–H groups in total. The van der Waals surface area contributed by atoms with Crippen molar-refractivity contribution < 1.29 is 19.4 Å². The third-order valence-corrected chi connectivity index (χ3v) is 4.38. The van der Waals surface area contributed by atoms with Crippen LogP contribution in [0.3, 0.4) is 0 Å². The van der Waals surface area contributed by atoms with Crippen molar-refractivity contribution in [2.75, 3.05) is 7.11 Å². The molecule has 0 spiro atoms. The summed E-state index contributed by atoms with van der Waals surface area (Å²) in [5, 5.41) is 9.32. The molecular formula is C21H22O4. The number of methoxy groups -OCH3 is 1. The molecule has 0 fully saturated rings. The Kier molecular flexibility index (Phi) is 4.53. The molecule has 25 heavy (non-hydrogen) atoms. The van der Waals surface area contributed by atoms with Gasteiger partial charge in [-0.15, -0.1) is 0 Å². The number of allylic oxidation sites excluding steroid dienone is 1. The molecule has 0 atom stereocenters. The Labute approximate surface area is 147 Å². The van der Waals surface area contributed by atoms with Crippen molar-refractivity contribution in [3.05, 3.63) is 59.2 Å². The zero-order valence-electron chi connectivity index (χ0n) is 14.7. The molecule has 4 heteroatoms. The number of ether oxygens (including phenoxy) is 2. The van der Waals surface area contributed by atoms with Gasteiger partial charge in [-0.05, 0) is 62.6 Å². The van der Waals surface area contributed by atoms with Crippen molar-refractivity contribution in [2.24, 2.45) is 0 Å². The number of rotatable bonds is 4. The van der Waals surface area contributed by atoms with Crippen molar-refractivity contribution in [3.63, 3.8) is 0 Å². The van der Waals surface area contributed by atoms with Gasteiger partial charge in [0.2, 0.25) is 0 Å². The molecule has 0 saturated heterocycles. The lowest BCUT2D eigenvalue weighted by molar-refractivity contribution is 0.0805. The molecule has 2 aromatic rings. The first-order chi connectivity index (χ1) is 11.9. The van der Waals surface area contributed by atoms with Crippen LogP contribution in [0.1, 0.15) is 41.8 Å². The standard InChI is InChI=1S/C21H22O4/c1-21(2)13-12-17-19(24-3)11-9-16(20(17)25-21)18(23)10-6-14-4-7-15(22)8-5-14/h4-11,22H,12-13H2,1-3H3/b10-6+. The summed E-state index contributed by atoms with van der Waals surface area (Å²) in [6, 6.07) is 10.3. The minimum absolute atomic E-state index is 0.121. The van der Waals surface area contributed by atoms with Crippen LogP contribution in [-0.4, -0.2) is 23.6 Å². The third kappa shape index (κ3) is 3.68. The average Bonchev–Trinajstić information content (AvgIpc) is 2.59. The number of ketones is 1. The molecule has 4 nitrogen and oxygen atoms in total. The Morgan fingerprint density at radius 3 is 2.60 bits per heavy atom. The van der Waals surface area contributed by atoms with E-state index in [1.807, 2.05) is 19.9 Å². The molecule has 0 saturated carbocycles. The minimum Gasteiger partial charge on any atom is -0.508 e. The lowest BCUT2D eigenvalue weighted by Crippen LogP contribution is -2.33. The summed E-state index contributed by atoms with van der Waals surface area (Å²) in [6.45, 7) is 4.05. The monoisotopic (exact) mass is 338 g/mol. The van der Waals surface area contributed by atoms with Gasteiger partial charge in [-0.2, -0.15) is 0 Å². The number of hydrogen-bond donors (Lipinski definition) is 1. The van der Waals surface area contributed by atoms with Gasteiger partial charge >= 0.3 is 0 Å². The van der Waals surface area contributed by atoms with E-state index in [4.69, 9.17) is 9.47 Å². The van der Waals surface area contributed by atoms with Crippen LogP contribution in [0.2, 0.25) is 0 Å². The molecule has 0 aliphatic carbocycles. The number of fused-ring (bicyclic) bond motifs is 1. The summed E-state index contributed by atoms with van der Waals surface area (Å²) in [7, 11) is 1.63. The van der Waals surface area contributed by atoms with E-state index in [0.717, 1.165) is 29.7 Å². The van der Waals surface area contributed by atoms with Crippen LogP contribution in [0.25, 0.3) is 6.08 Å². The normalized spacial score (nSPS) is 15.5. The van der Waals surface area contributed by atoms with Crippen LogP contribution in [0.4, 0.5) is 0 Å². The van der Waals surface area contributed by atoms with Gasteiger partial charge in [0.15, 0.2) is 5.78 Å². The second kappa shape index (κ2) is 6.63. The van der Waals surface area contributed by atoms with Gasteiger partial charge in [0.05, 0.1) is 12.7 Å². The van der Waals surface area contributed by atoms with Crippen molar-refractivity contribution in [1.29, 1.82) is 0 Å². The summed E-state index contributed by atoms with van der Waals surface area (Å²) in [6.07, 6.45) is 4.94. The Balaban J connectivity index is 1.94. The summed E-state index contributed by atoms with van der Waals surface area (Å²) >= 11 is 0. The average molecular weight is 338 g/mol. The first-order valence-corrected chi connectivity index (χ1v) is 8.30. The molecule has 1 aliphatic heterocycles. The Morgan fingerprint density at radius 2 is 1.92 bits per heavy atom. The minimum atomic E-state index is -0.310. The Morgan fingerprint density at radius 1 is 1.20 bits per heavy atom. The number of phenolic OH excluding ortho intramolecular Hbond substituents is 1. The highest BCUT2D eigenvalue weighted by molar-refractivity contribution is 6.09. The second-order valence-electron chi connectivity index (χ2n) is 6.77. The van der Waals surface area contributed by atoms with E-state index in [-0.39, 0.29) is 17.1 Å².